The predicted octanol–water partition coefficient (Wildman–Crippen LogP) is 5.56. The minimum atomic E-state index is 0.720. The van der Waals surface area contributed by atoms with Crippen LogP contribution in [0.5, 0.6) is 0 Å². The summed E-state index contributed by atoms with van der Waals surface area (Å²) >= 11 is 1.50. The van der Waals surface area contributed by atoms with Crippen LogP contribution in [-0.4, -0.2) is 20.2 Å². The summed E-state index contributed by atoms with van der Waals surface area (Å²) in [4.78, 5) is 9.23. The topological polar surface area (TPSA) is 63.6 Å². The van der Waals surface area contributed by atoms with Crippen LogP contribution in [0.3, 0.4) is 0 Å². The van der Waals surface area contributed by atoms with Crippen LogP contribution in [0.25, 0.3) is 32.9 Å². The van der Waals surface area contributed by atoms with Crippen molar-refractivity contribution in [3.05, 3.63) is 85.1 Å². The molecule has 0 unspecified atom stereocenters. The quantitative estimate of drug-likeness (QED) is 0.442. The molecule has 0 aliphatic rings. The number of pyridine rings is 2. The van der Waals surface area contributed by atoms with E-state index in [-0.39, 0.29) is 0 Å². The normalized spacial score (nSPS) is 10.9. The fraction of sp³-hybridized carbons (Fsp3) is 0. The largest absolute Gasteiger partial charge is 0.330 e. The molecule has 0 saturated carbocycles. The third kappa shape index (κ3) is 3.21. The molecule has 0 fully saturated rings. The lowest BCUT2D eigenvalue weighted by molar-refractivity contribution is 1.10. The molecule has 0 atom stereocenters. The molecule has 0 radical (unpaired) electrons. The fourth-order valence-electron chi connectivity index (χ4n) is 3.01. The Balaban J connectivity index is 1.62. The molecule has 0 aliphatic heterocycles. The number of hydrogen-bond acceptors (Lipinski definition) is 6. The minimum absolute atomic E-state index is 0.720. The first-order valence-corrected chi connectivity index (χ1v) is 9.66. The molecule has 3 aromatic heterocycles. The van der Waals surface area contributed by atoms with Gasteiger partial charge in [0.25, 0.3) is 0 Å². The van der Waals surface area contributed by atoms with Gasteiger partial charge in [-0.3, -0.25) is 0 Å². The van der Waals surface area contributed by atoms with Gasteiger partial charge < -0.3 is 5.32 Å². The highest BCUT2D eigenvalue weighted by Gasteiger charge is 2.16. The molecule has 5 nitrogen and oxygen atoms in total. The summed E-state index contributed by atoms with van der Waals surface area (Å²) in [5, 5.41) is 14.6. The van der Waals surface area contributed by atoms with Crippen molar-refractivity contribution in [1.29, 1.82) is 0 Å². The van der Waals surface area contributed by atoms with E-state index in [1.54, 1.807) is 6.20 Å². The van der Waals surface area contributed by atoms with Crippen LogP contribution in [0.4, 0.5) is 10.8 Å². The number of fused-ring (bicyclic) bond motifs is 1. The zero-order valence-electron chi connectivity index (χ0n) is 14.8. The monoisotopic (exact) mass is 381 g/mol. The smallest absolute Gasteiger partial charge is 0.210 e. The van der Waals surface area contributed by atoms with E-state index in [0.29, 0.717) is 0 Å². The average Bonchev–Trinajstić information content (AvgIpc) is 3.22. The van der Waals surface area contributed by atoms with E-state index in [9.17, 15) is 0 Å². The van der Waals surface area contributed by atoms with E-state index < -0.39 is 0 Å². The van der Waals surface area contributed by atoms with Crippen molar-refractivity contribution < 1.29 is 0 Å². The number of aromatic nitrogens is 4. The van der Waals surface area contributed by atoms with Gasteiger partial charge in [0.2, 0.25) is 5.13 Å². The van der Waals surface area contributed by atoms with Gasteiger partial charge in [0, 0.05) is 28.4 Å². The molecule has 0 aliphatic carbocycles. The average molecular weight is 381 g/mol. The van der Waals surface area contributed by atoms with Crippen LogP contribution in [0.15, 0.2) is 85.1 Å². The van der Waals surface area contributed by atoms with E-state index in [1.807, 2.05) is 72.8 Å². The molecule has 134 valence electrons. The van der Waals surface area contributed by atoms with Crippen LogP contribution in [-0.2, 0) is 0 Å². The van der Waals surface area contributed by atoms with Crippen molar-refractivity contribution in [2.45, 2.75) is 0 Å². The highest BCUT2D eigenvalue weighted by molar-refractivity contribution is 7.18. The molecule has 5 rings (SSSR count). The first-order valence-electron chi connectivity index (χ1n) is 8.84. The second-order valence-electron chi connectivity index (χ2n) is 6.20. The standard InChI is InChI=1S/C22H15N5S/c1-3-8-15(9-4-1)19-18(14-16-10-7-13-23-20(16)25-19)21-26-27-22(28-21)24-17-11-5-2-6-12-17/h1-14H,(H,24,27). The molecule has 0 amide bonds. The maximum Gasteiger partial charge on any atom is 0.210 e. The molecule has 28 heavy (non-hydrogen) atoms. The Morgan fingerprint density at radius 1 is 0.786 bits per heavy atom. The van der Waals surface area contributed by atoms with Crippen molar-refractivity contribution in [3.63, 3.8) is 0 Å². The lowest BCUT2D eigenvalue weighted by Gasteiger charge is -2.08. The van der Waals surface area contributed by atoms with Crippen LogP contribution < -0.4 is 5.32 Å². The number of hydrogen-bond donors (Lipinski definition) is 1. The molecule has 0 bridgehead atoms. The van der Waals surface area contributed by atoms with Crippen LogP contribution in [0.1, 0.15) is 0 Å². The van der Waals surface area contributed by atoms with Crippen molar-refractivity contribution in [1.82, 2.24) is 20.2 Å². The second kappa shape index (κ2) is 7.17. The maximum absolute atomic E-state index is 4.82. The zero-order chi connectivity index (χ0) is 18.8. The maximum atomic E-state index is 4.82. The van der Waals surface area contributed by atoms with Gasteiger partial charge >= 0.3 is 0 Å². The molecule has 2 aromatic carbocycles. The molecular weight excluding hydrogens is 366 g/mol. The van der Waals surface area contributed by atoms with E-state index in [4.69, 9.17) is 4.98 Å². The summed E-state index contributed by atoms with van der Waals surface area (Å²) in [5.74, 6) is 0. The molecule has 0 spiro atoms. The third-order valence-electron chi connectivity index (χ3n) is 4.32. The van der Waals surface area contributed by atoms with Crippen molar-refractivity contribution >= 4 is 33.2 Å². The van der Waals surface area contributed by atoms with Gasteiger partial charge in [-0.25, -0.2) is 9.97 Å². The minimum Gasteiger partial charge on any atom is -0.330 e. The SMILES string of the molecule is c1ccc(Nc2nnc(-c3cc4cccnc4nc3-c3ccccc3)s2)cc1. The number of para-hydroxylation sites is 1. The molecular formula is C22H15N5S. The van der Waals surface area contributed by atoms with E-state index in [1.165, 1.54) is 11.3 Å². The van der Waals surface area contributed by atoms with Crippen molar-refractivity contribution in [2.75, 3.05) is 5.32 Å². The fourth-order valence-corrected chi connectivity index (χ4v) is 3.79. The Kier molecular flexibility index (Phi) is 4.23. The number of anilines is 2. The summed E-state index contributed by atoms with van der Waals surface area (Å²) in [6, 6.07) is 26.1. The first-order chi connectivity index (χ1) is 13.9. The second-order valence-corrected chi connectivity index (χ2v) is 7.18. The number of nitrogens with one attached hydrogen (secondary N) is 1. The summed E-state index contributed by atoms with van der Waals surface area (Å²) < 4.78 is 0. The Morgan fingerprint density at radius 2 is 1.57 bits per heavy atom. The van der Waals surface area contributed by atoms with Crippen LogP contribution in [0.2, 0.25) is 0 Å². The summed E-state index contributed by atoms with van der Waals surface area (Å²) in [6.07, 6.45) is 1.76. The Hall–Kier alpha value is -3.64. The Bertz CT molecular complexity index is 1240. The summed E-state index contributed by atoms with van der Waals surface area (Å²) in [6.45, 7) is 0. The highest BCUT2D eigenvalue weighted by atomic mass is 32.1. The highest BCUT2D eigenvalue weighted by Crippen LogP contribution is 2.36. The van der Waals surface area contributed by atoms with Gasteiger partial charge in [-0.05, 0) is 30.3 Å². The molecule has 6 heteroatoms. The number of rotatable bonds is 4. The molecule has 3 heterocycles. The van der Waals surface area contributed by atoms with E-state index in [2.05, 4.69) is 26.6 Å². The van der Waals surface area contributed by atoms with Gasteiger partial charge in [0.05, 0.1) is 5.69 Å². The van der Waals surface area contributed by atoms with E-state index in [0.717, 1.165) is 43.7 Å². The number of benzene rings is 2. The van der Waals surface area contributed by atoms with Gasteiger partial charge in [-0.15, -0.1) is 10.2 Å². The molecule has 1 N–H and O–H groups in total. The van der Waals surface area contributed by atoms with Crippen molar-refractivity contribution in [2.24, 2.45) is 0 Å². The van der Waals surface area contributed by atoms with Gasteiger partial charge in [-0.1, -0.05) is 59.9 Å². The predicted molar refractivity (Wildman–Crippen MR) is 114 cm³/mol. The lowest BCUT2D eigenvalue weighted by atomic mass is 10.0. The Labute approximate surface area is 165 Å². The van der Waals surface area contributed by atoms with Crippen LogP contribution >= 0.6 is 11.3 Å². The van der Waals surface area contributed by atoms with E-state index >= 15 is 0 Å². The molecule has 5 aromatic rings. The van der Waals surface area contributed by atoms with Crippen molar-refractivity contribution in [3.8, 4) is 21.8 Å². The first kappa shape index (κ1) is 16.5. The summed E-state index contributed by atoms with van der Waals surface area (Å²) in [5.41, 5.74) is 4.53. The van der Waals surface area contributed by atoms with Gasteiger partial charge in [0.1, 0.15) is 0 Å². The lowest BCUT2D eigenvalue weighted by Crippen LogP contribution is -1.92. The van der Waals surface area contributed by atoms with Gasteiger partial charge in [-0.2, -0.15) is 0 Å². The summed E-state index contributed by atoms with van der Waals surface area (Å²) in [7, 11) is 0. The Morgan fingerprint density at radius 3 is 2.39 bits per heavy atom. The zero-order valence-corrected chi connectivity index (χ0v) is 15.6. The van der Waals surface area contributed by atoms with Gasteiger partial charge in [0.15, 0.2) is 10.7 Å². The molecule has 0 saturated heterocycles. The van der Waals surface area contributed by atoms with Crippen LogP contribution in [0, 0.1) is 0 Å². The third-order valence-corrected chi connectivity index (χ3v) is 5.19. The number of nitrogens with zero attached hydrogens (tertiary/aromatic N) is 4.